The monoisotopic (exact) mass is 401 g/mol. The van der Waals surface area contributed by atoms with Crippen LogP contribution >= 0.6 is 0 Å². The molecule has 0 spiro atoms. The van der Waals surface area contributed by atoms with Crippen molar-refractivity contribution in [3.63, 3.8) is 0 Å². The van der Waals surface area contributed by atoms with E-state index in [0.29, 0.717) is 17.7 Å². The molecule has 0 bridgehead atoms. The number of aromatic nitrogens is 2. The number of piperidine rings is 1. The van der Waals surface area contributed by atoms with Gasteiger partial charge in [0.15, 0.2) is 0 Å². The van der Waals surface area contributed by atoms with Crippen molar-refractivity contribution in [2.24, 2.45) is 5.73 Å². The van der Waals surface area contributed by atoms with E-state index in [0.717, 1.165) is 36.1 Å². The second-order valence-corrected chi connectivity index (χ2v) is 7.34. The summed E-state index contributed by atoms with van der Waals surface area (Å²) in [6.07, 6.45) is 4.41. The predicted molar refractivity (Wildman–Crippen MR) is 114 cm³/mol. The smallest absolute Gasteiger partial charge is 0.254 e. The second-order valence-electron chi connectivity index (χ2n) is 7.34. The molecule has 1 aliphatic rings. The summed E-state index contributed by atoms with van der Waals surface area (Å²) >= 11 is 0. The Kier molecular flexibility index (Phi) is 5.43. The lowest BCUT2D eigenvalue weighted by Gasteiger charge is -2.36. The van der Waals surface area contributed by atoms with Crippen LogP contribution in [0, 0.1) is 0 Å². The van der Waals surface area contributed by atoms with Crippen LogP contribution in [0.15, 0.2) is 60.8 Å². The van der Waals surface area contributed by atoms with Gasteiger partial charge in [-0.3, -0.25) is 9.59 Å². The zero-order valence-corrected chi connectivity index (χ0v) is 16.5. The van der Waals surface area contributed by atoms with Gasteiger partial charge in [-0.05, 0) is 49.1 Å². The highest BCUT2D eigenvalue weighted by Gasteiger charge is 2.31. The van der Waals surface area contributed by atoms with Gasteiger partial charge in [-0.2, -0.15) is 0 Å². The Hall–Kier alpha value is -3.74. The highest BCUT2D eigenvalue weighted by Crippen LogP contribution is 2.36. The maximum absolute atomic E-state index is 13.2. The molecule has 2 amide bonds. The van der Waals surface area contributed by atoms with Crippen LogP contribution in [0.1, 0.15) is 51.7 Å². The number of nitrogen functional groups attached to an aromatic ring is 1. The van der Waals surface area contributed by atoms with E-state index in [1.807, 2.05) is 47.4 Å². The van der Waals surface area contributed by atoms with E-state index in [-0.39, 0.29) is 17.9 Å². The van der Waals surface area contributed by atoms with Gasteiger partial charge < -0.3 is 16.4 Å². The number of nitrogens with zero attached hydrogens (tertiary/aromatic N) is 3. The minimum atomic E-state index is -0.484. The minimum Gasteiger partial charge on any atom is -0.368 e. The molecule has 1 fully saturated rings. The van der Waals surface area contributed by atoms with Crippen molar-refractivity contribution < 1.29 is 9.59 Å². The van der Waals surface area contributed by atoms with E-state index >= 15 is 0 Å². The van der Waals surface area contributed by atoms with Gasteiger partial charge in [0.05, 0.1) is 11.7 Å². The molecule has 7 nitrogen and oxygen atoms in total. The number of hydrogen-bond acceptors (Lipinski definition) is 5. The Morgan fingerprint density at radius 1 is 0.967 bits per heavy atom. The van der Waals surface area contributed by atoms with Gasteiger partial charge in [-0.1, -0.05) is 30.3 Å². The standard InChI is InChI=1S/C23H23N5O2/c24-21(29)16-11-9-15(10-12-16)18-14-26-23(25)27-20(18)19-8-4-5-13-28(19)22(30)17-6-2-1-3-7-17/h1-3,6-7,9-12,14,19H,4-5,8,13H2,(H2,24,29)(H2,25,26,27)/t19-/m1/s1. The predicted octanol–water partition coefficient (Wildman–Crippen LogP) is 3.19. The van der Waals surface area contributed by atoms with Gasteiger partial charge in [0, 0.05) is 29.4 Å². The third-order valence-electron chi connectivity index (χ3n) is 5.42. The van der Waals surface area contributed by atoms with Gasteiger partial charge in [0.2, 0.25) is 11.9 Å². The Balaban J connectivity index is 1.75. The largest absolute Gasteiger partial charge is 0.368 e. The first-order valence-corrected chi connectivity index (χ1v) is 9.93. The van der Waals surface area contributed by atoms with Crippen LogP contribution in [0.2, 0.25) is 0 Å². The molecule has 1 aliphatic heterocycles. The zero-order valence-electron chi connectivity index (χ0n) is 16.5. The summed E-state index contributed by atoms with van der Waals surface area (Å²) in [5, 5.41) is 0. The molecular weight excluding hydrogens is 378 g/mol. The molecule has 1 saturated heterocycles. The van der Waals surface area contributed by atoms with Gasteiger partial charge >= 0.3 is 0 Å². The molecule has 4 rings (SSSR count). The number of likely N-dealkylation sites (tertiary alicyclic amines) is 1. The number of anilines is 1. The summed E-state index contributed by atoms with van der Waals surface area (Å²) in [5.41, 5.74) is 14.7. The van der Waals surface area contributed by atoms with Crippen molar-refractivity contribution in [2.45, 2.75) is 25.3 Å². The molecule has 30 heavy (non-hydrogen) atoms. The Labute approximate surface area is 174 Å². The number of amides is 2. The summed E-state index contributed by atoms with van der Waals surface area (Å²) in [7, 11) is 0. The fraction of sp³-hybridized carbons (Fsp3) is 0.217. The maximum Gasteiger partial charge on any atom is 0.254 e. The number of carbonyl (C=O) groups is 2. The minimum absolute atomic E-state index is 0.0208. The quantitative estimate of drug-likeness (QED) is 0.697. The molecule has 152 valence electrons. The molecule has 1 aromatic heterocycles. The van der Waals surface area contributed by atoms with E-state index in [1.54, 1.807) is 18.3 Å². The average Bonchev–Trinajstić information content (AvgIpc) is 2.79. The molecule has 0 aliphatic carbocycles. The van der Waals surface area contributed by atoms with Crippen LogP contribution in [-0.4, -0.2) is 33.2 Å². The first-order valence-electron chi connectivity index (χ1n) is 9.93. The molecule has 3 aromatic rings. The van der Waals surface area contributed by atoms with E-state index in [2.05, 4.69) is 9.97 Å². The molecule has 7 heteroatoms. The third-order valence-corrected chi connectivity index (χ3v) is 5.42. The second kappa shape index (κ2) is 8.32. The van der Waals surface area contributed by atoms with Crippen LogP contribution in [0.5, 0.6) is 0 Å². The van der Waals surface area contributed by atoms with Crippen LogP contribution in [0.3, 0.4) is 0 Å². The fourth-order valence-electron chi connectivity index (χ4n) is 3.91. The van der Waals surface area contributed by atoms with E-state index in [4.69, 9.17) is 11.5 Å². The Morgan fingerprint density at radius 3 is 2.40 bits per heavy atom. The maximum atomic E-state index is 13.2. The lowest BCUT2D eigenvalue weighted by molar-refractivity contribution is 0.0606. The van der Waals surface area contributed by atoms with Crippen molar-refractivity contribution >= 4 is 17.8 Å². The summed E-state index contributed by atoms with van der Waals surface area (Å²) in [5.74, 6) is -0.338. The summed E-state index contributed by atoms with van der Waals surface area (Å²) in [6, 6.07) is 16.0. The summed E-state index contributed by atoms with van der Waals surface area (Å²) in [6.45, 7) is 0.655. The molecule has 0 saturated carbocycles. The van der Waals surface area contributed by atoms with Crippen molar-refractivity contribution in [1.82, 2.24) is 14.9 Å². The Bertz CT molecular complexity index is 1070. The molecule has 0 radical (unpaired) electrons. The average molecular weight is 401 g/mol. The number of benzene rings is 2. The van der Waals surface area contributed by atoms with Crippen LogP contribution in [0.25, 0.3) is 11.1 Å². The Morgan fingerprint density at radius 2 is 1.70 bits per heavy atom. The number of nitrogens with two attached hydrogens (primary N) is 2. The molecule has 0 unspecified atom stereocenters. The summed E-state index contributed by atoms with van der Waals surface area (Å²) < 4.78 is 0. The van der Waals surface area contributed by atoms with Crippen molar-refractivity contribution in [3.05, 3.63) is 77.6 Å². The van der Waals surface area contributed by atoms with Crippen LogP contribution in [0.4, 0.5) is 5.95 Å². The van der Waals surface area contributed by atoms with E-state index < -0.39 is 5.91 Å². The van der Waals surface area contributed by atoms with Crippen molar-refractivity contribution in [3.8, 4) is 11.1 Å². The van der Waals surface area contributed by atoms with Crippen molar-refractivity contribution in [2.75, 3.05) is 12.3 Å². The molecule has 4 N–H and O–H groups in total. The van der Waals surface area contributed by atoms with Gasteiger partial charge in [-0.15, -0.1) is 0 Å². The number of primary amides is 1. The molecular formula is C23H23N5O2. The van der Waals surface area contributed by atoms with E-state index in [9.17, 15) is 9.59 Å². The number of carbonyl (C=O) groups excluding carboxylic acids is 2. The lowest BCUT2D eigenvalue weighted by atomic mass is 9.93. The highest BCUT2D eigenvalue weighted by atomic mass is 16.2. The molecule has 2 heterocycles. The van der Waals surface area contributed by atoms with Crippen LogP contribution < -0.4 is 11.5 Å². The molecule has 1 atom stereocenters. The first-order chi connectivity index (χ1) is 14.5. The first kappa shape index (κ1) is 19.6. The van der Waals surface area contributed by atoms with Gasteiger partial charge in [0.1, 0.15) is 0 Å². The normalized spacial score (nSPS) is 16.3. The molecule has 2 aromatic carbocycles. The highest BCUT2D eigenvalue weighted by molar-refractivity contribution is 5.95. The topological polar surface area (TPSA) is 115 Å². The third kappa shape index (κ3) is 3.87. The van der Waals surface area contributed by atoms with Crippen LogP contribution in [-0.2, 0) is 0 Å². The fourth-order valence-corrected chi connectivity index (χ4v) is 3.91. The number of hydrogen-bond donors (Lipinski definition) is 2. The van der Waals surface area contributed by atoms with Crippen molar-refractivity contribution in [1.29, 1.82) is 0 Å². The number of rotatable bonds is 4. The SMILES string of the molecule is NC(=O)c1ccc(-c2cnc(N)nc2[C@H]2CCCCN2C(=O)c2ccccc2)cc1. The van der Waals surface area contributed by atoms with E-state index in [1.165, 1.54) is 0 Å². The van der Waals surface area contributed by atoms with Gasteiger partial charge in [0.25, 0.3) is 5.91 Å². The zero-order chi connectivity index (χ0) is 21.1. The van der Waals surface area contributed by atoms with Gasteiger partial charge in [-0.25, -0.2) is 9.97 Å². The lowest BCUT2D eigenvalue weighted by Crippen LogP contribution is -2.39. The summed E-state index contributed by atoms with van der Waals surface area (Å²) in [4.78, 5) is 35.2.